The summed E-state index contributed by atoms with van der Waals surface area (Å²) in [6, 6.07) is 0. The number of amides is 1. The maximum atomic E-state index is 11.7. The van der Waals surface area contributed by atoms with Crippen molar-refractivity contribution in [1.29, 1.82) is 0 Å². The zero-order valence-corrected chi connectivity index (χ0v) is 11.4. The summed E-state index contributed by atoms with van der Waals surface area (Å²) < 4.78 is 0. The van der Waals surface area contributed by atoms with Gasteiger partial charge in [-0.15, -0.1) is 0 Å². The molecule has 1 aliphatic carbocycles. The van der Waals surface area contributed by atoms with Crippen LogP contribution in [-0.2, 0) is 9.59 Å². The van der Waals surface area contributed by atoms with Gasteiger partial charge in [0.2, 0.25) is 5.91 Å². The molecule has 0 spiro atoms. The van der Waals surface area contributed by atoms with Crippen LogP contribution in [0, 0.1) is 17.8 Å². The Kier molecular flexibility index (Phi) is 6.16. The van der Waals surface area contributed by atoms with Crippen LogP contribution in [0.2, 0.25) is 0 Å². The molecule has 4 nitrogen and oxygen atoms in total. The molecule has 1 amide bonds. The van der Waals surface area contributed by atoms with Gasteiger partial charge in [-0.05, 0) is 30.6 Å². The molecule has 4 heteroatoms. The van der Waals surface area contributed by atoms with Gasteiger partial charge in [-0.1, -0.05) is 26.7 Å². The molecule has 0 aromatic carbocycles. The Labute approximate surface area is 109 Å². The third kappa shape index (κ3) is 6.03. The lowest BCUT2D eigenvalue weighted by atomic mass is 9.82. The Morgan fingerprint density at radius 3 is 2.67 bits per heavy atom. The SMILES string of the molecule is CC(CC(=O)O)CC(=O)NCC1CCCC(C)C1. The standard InChI is InChI=1S/C14H25NO3/c1-10-4-3-5-12(6-10)9-15-13(16)7-11(2)8-14(17)18/h10-12H,3-9H2,1-2H3,(H,15,16)(H,17,18). The summed E-state index contributed by atoms with van der Waals surface area (Å²) in [5.41, 5.74) is 0. The highest BCUT2D eigenvalue weighted by Crippen LogP contribution is 2.27. The van der Waals surface area contributed by atoms with E-state index in [2.05, 4.69) is 12.2 Å². The molecule has 0 heterocycles. The van der Waals surface area contributed by atoms with Gasteiger partial charge in [0.25, 0.3) is 0 Å². The molecule has 1 rings (SSSR count). The number of carboxylic acids is 1. The summed E-state index contributed by atoms with van der Waals surface area (Å²) in [5, 5.41) is 11.6. The molecule has 0 aromatic rings. The minimum atomic E-state index is -0.837. The fourth-order valence-electron chi connectivity index (χ4n) is 2.76. The molecule has 1 saturated carbocycles. The maximum absolute atomic E-state index is 11.7. The van der Waals surface area contributed by atoms with Crippen molar-refractivity contribution < 1.29 is 14.7 Å². The van der Waals surface area contributed by atoms with E-state index in [1.807, 2.05) is 0 Å². The third-order valence-electron chi connectivity index (χ3n) is 3.69. The van der Waals surface area contributed by atoms with Crippen LogP contribution in [0.3, 0.4) is 0 Å². The van der Waals surface area contributed by atoms with Gasteiger partial charge in [0.15, 0.2) is 0 Å². The van der Waals surface area contributed by atoms with E-state index in [1.54, 1.807) is 6.92 Å². The van der Waals surface area contributed by atoms with Gasteiger partial charge in [-0.2, -0.15) is 0 Å². The number of hydrogen-bond acceptors (Lipinski definition) is 2. The number of carboxylic acid groups (broad SMARTS) is 1. The van der Waals surface area contributed by atoms with Gasteiger partial charge in [0.1, 0.15) is 0 Å². The van der Waals surface area contributed by atoms with Gasteiger partial charge in [0, 0.05) is 19.4 Å². The first kappa shape index (κ1) is 15.0. The highest BCUT2D eigenvalue weighted by molar-refractivity contribution is 5.77. The van der Waals surface area contributed by atoms with E-state index in [9.17, 15) is 9.59 Å². The van der Waals surface area contributed by atoms with Crippen molar-refractivity contribution in [1.82, 2.24) is 5.32 Å². The molecular weight excluding hydrogens is 230 g/mol. The third-order valence-corrected chi connectivity index (χ3v) is 3.69. The number of hydrogen-bond donors (Lipinski definition) is 2. The number of carbonyl (C=O) groups is 2. The van der Waals surface area contributed by atoms with E-state index < -0.39 is 5.97 Å². The Morgan fingerprint density at radius 2 is 2.06 bits per heavy atom. The molecule has 0 aliphatic heterocycles. The lowest BCUT2D eigenvalue weighted by molar-refractivity contribution is -0.138. The molecule has 104 valence electrons. The second-order valence-electron chi connectivity index (χ2n) is 5.85. The fraction of sp³-hybridized carbons (Fsp3) is 0.857. The molecule has 1 fully saturated rings. The first-order valence-electron chi connectivity index (χ1n) is 6.95. The minimum Gasteiger partial charge on any atom is -0.481 e. The molecular formula is C14H25NO3. The largest absolute Gasteiger partial charge is 0.481 e. The van der Waals surface area contributed by atoms with Crippen LogP contribution in [0.15, 0.2) is 0 Å². The van der Waals surface area contributed by atoms with Crippen molar-refractivity contribution in [3.05, 3.63) is 0 Å². The van der Waals surface area contributed by atoms with Crippen LogP contribution in [0.4, 0.5) is 0 Å². The van der Waals surface area contributed by atoms with Crippen molar-refractivity contribution in [2.45, 2.75) is 52.4 Å². The smallest absolute Gasteiger partial charge is 0.303 e. The molecule has 2 N–H and O–H groups in total. The predicted molar refractivity (Wildman–Crippen MR) is 70.2 cm³/mol. The van der Waals surface area contributed by atoms with E-state index in [0.29, 0.717) is 12.3 Å². The molecule has 0 saturated heterocycles. The van der Waals surface area contributed by atoms with Crippen molar-refractivity contribution in [2.24, 2.45) is 17.8 Å². The Bertz CT molecular complexity index is 291. The zero-order valence-electron chi connectivity index (χ0n) is 11.4. The zero-order chi connectivity index (χ0) is 13.5. The van der Waals surface area contributed by atoms with E-state index in [4.69, 9.17) is 5.11 Å². The second kappa shape index (κ2) is 7.39. The van der Waals surface area contributed by atoms with E-state index in [1.165, 1.54) is 25.7 Å². The van der Waals surface area contributed by atoms with Gasteiger partial charge < -0.3 is 10.4 Å². The number of nitrogens with one attached hydrogen (secondary N) is 1. The number of aliphatic carboxylic acids is 1. The van der Waals surface area contributed by atoms with Gasteiger partial charge >= 0.3 is 5.97 Å². The van der Waals surface area contributed by atoms with Crippen LogP contribution in [0.5, 0.6) is 0 Å². The lowest BCUT2D eigenvalue weighted by Crippen LogP contribution is -2.32. The van der Waals surface area contributed by atoms with Crippen LogP contribution in [-0.4, -0.2) is 23.5 Å². The Balaban J connectivity index is 2.18. The quantitative estimate of drug-likeness (QED) is 0.766. The summed E-state index contributed by atoms with van der Waals surface area (Å²) in [7, 11) is 0. The topological polar surface area (TPSA) is 66.4 Å². The van der Waals surface area contributed by atoms with Crippen LogP contribution in [0.1, 0.15) is 52.4 Å². The highest BCUT2D eigenvalue weighted by atomic mass is 16.4. The van der Waals surface area contributed by atoms with Gasteiger partial charge in [0.05, 0.1) is 0 Å². The average Bonchev–Trinajstić information content (AvgIpc) is 2.25. The lowest BCUT2D eigenvalue weighted by Gasteiger charge is -2.26. The van der Waals surface area contributed by atoms with Crippen LogP contribution in [0.25, 0.3) is 0 Å². The molecule has 18 heavy (non-hydrogen) atoms. The fourth-order valence-corrected chi connectivity index (χ4v) is 2.76. The molecule has 0 aromatic heterocycles. The first-order chi connectivity index (χ1) is 8.47. The van der Waals surface area contributed by atoms with Crippen molar-refractivity contribution in [3.63, 3.8) is 0 Å². The monoisotopic (exact) mass is 255 g/mol. The van der Waals surface area contributed by atoms with Crippen molar-refractivity contribution in [3.8, 4) is 0 Å². The summed E-state index contributed by atoms with van der Waals surface area (Å²) >= 11 is 0. The Morgan fingerprint density at radius 1 is 1.33 bits per heavy atom. The first-order valence-corrected chi connectivity index (χ1v) is 6.95. The van der Waals surface area contributed by atoms with Crippen molar-refractivity contribution in [2.75, 3.05) is 6.54 Å². The van der Waals surface area contributed by atoms with Crippen LogP contribution < -0.4 is 5.32 Å². The molecule has 1 aliphatic rings. The molecule has 0 radical (unpaired) electrons. The van der Waals surface area contributed by atoms with E-state index in [-0.39, 0.29) is 18.2 Å². The highest BCUT2D eigenvalue weighted by Gasteiger charge is 2.19. The summed E-state index contributed by atoms with van der Waals surface area (Å²) in [6.45, 7) is 4.82. The molecule has 3 atom stereocenters. The number of carbonyl (C=O) groups excluding carboxylic acids is 1. The van der Waals surface area contributed by atoms with Gasteiger partial charge in [-0.25, -0.2) is 0 Å². The normalized spacial score (nSPS) is 25.4. The average molecular weight is 255 g/mol. The minimum absolute atomic E-state index is 0.0121. The van der Waals surface area contributed by atoms with Crippen LogP contribution >= 0.6 is 0 Å². The predicted octanol–water partition coefficient (Wildman–Crippen LogP) is 2.43. The molecule has 3 unspecified atom stereocenters. The van der Waals surface area contributed by atoms with Crippen molar-refractivity contribution >= 4 is 11.9 Å². The number of rotatable bonds is 6. The summed E-state index contributed by atoms with van der Waals surface area (Å²) in [4.78, 5) is 22.2. The van der Waals surface area contributed by atoms with Gasteiger partial charge in [-0.3, -0.25) is 9.59 Å². The maximum Gasteiger partial charge on any atom is 0.303 e. The summed E-state index contributed by atoms with van der Waals surface area (Å²) in [5.74, 6) is 0.435. The second-order valence-corrected chi connectivity index (χ2v) is 5.85. The molecule has 0 bridgehead atoms. The Hall–Kier alpha value is -1.06. The van der Waals surface area contributed by atoms with E-state index in [0.717, 1.165) is 12.5 Å². The van der Waals surface area contributed by atoms with E-state index >= 15 is 0 Å². The summed E-state index contributed by atoms with van der Waals surface area (Å²) in [6.07, 6.45) is 5.35.